The van der Waals surface area contributed by atoms with Gasteiger partial charge in [-0.1, -0.05) is 61.9 Å². The van der Waals surface area contributed by atoms with E-state index in [4.69, 9.17) is 9.84 Å². The zero-order chi connectivity index (χ0) is 25.4. The fourth-order valence-electron chi connectivity index (χ4n) is 4.52. The molecule has 0 fully saturated rings. The highest BCUT2D eigenvalue weighted by molar-refractivity contribution is 5.86. The van der Waals surface area contributed by atoms with Crippen molar-refractivity contribution in [1.29, 1.82) is 0 Å². The van der Waals surface area contributed by atoms with Gasteiger partial charge in [0.25, 0.3) is 0 Å². The van der Waals surface area contributed by atoms with E-state index in [1.165, 1.54) is 0 Å². The first-order valence-electron chi connectivity index (χ1n) is 12.1. The van der Waals surface area contributed by atoms with E-state index in [0.29, 0.717) is 19.4 Å². The molecule has 2 amide bonds. The standard InChI is InChI=1S/C27H35N3O5/c1-4-9-18(16-25(31)32)28-26(33)24(14-15-30(2)3)29-27(34)35-17-23-21-12-7-5-10-19(21)20-11-6-8-13-22(20)23/h5-8,10-13,18,23-24H,4,9,14-17H2,1-3H3,(H,28,33)(H,29,34)(H,31,32). The topological polar surface area (TPSA) is 108 Å². The fourth-order valence-corrected chi connectivity index (χ4v) is 4.52. The number of aliphatic carboxylic acids is 1. The molecule has 0 saturated heterocycles. The van der Waals surface area contributed by atoms with E-state index >= 15 is 0 Å². The largest absolute Gasteiger partial charge is 0.481 e. The Labute approximate surface area is 206 Å². The van der Waals surface area contributed by atoms with Crippen molar-refractivity contribution in [2.75, 3.05) is 27.2 Å². The third-order valence-electron chi connectivity index (χ3n) is 6.22. The molecule has 0 radical (unpaired) electrons. The van der Waals surface area contributed by atoms with Crippen LogP contribution >= 0.6 is 0 Å². The third kappa shape index (κ3) is 7.05. The Hall–Kier alpha value is -3.39. The van der Waals surface area contributed by atoms with Crippen molar-refractivity contribution in [2.24, 2.45) is 0 Å². The Kier molecular flexibility index (Phi) is 9.25. The van der Waals surface area contributed by atoms with Gasteiger partial charge in [0, 0.05) is 12.0 Å². The van der Waals surface area contributed by atoms with Crippen LogP contribution in [0.25, 0.3) is 11.1 Å². The number of nitrogens with one attached hydrogen (secondary N) is 2. The van der Waals surface area contributed by atoms with E-state index in [-0.39, 0.29) is 18.9 Å². The molecule has 1 aliphatic rings. The van der Waals surface area contributed by atoms with Gasteiger partial charge in [0.05, 0.1) is 6.42 Å². The molecule has 35 heavy (non-hydrogen) atoms. The van der Waals surface area contributed by atoms with Crippen LogP contribution in [-0.2, 0) is 14.3 Å². The summed E-state index contributed by atoms with van der Waals surface area (Å²) in [7, 11) is 3.76. The SMILES string of the molecule is CCCC(CC(=O)O)NC(=O)C(CCN(C)C)NC(=O)OCC1c2ccccc2-c2ccccc21. The van der Waals surface area contributed by atoms with Crippen LogP contribution in [0, 0.1) is 0 Å². The molecule has 0 spiro atoms. The summed E-state index contributed by atoms with van der Waals surface area (Å²) in [5.74, 6) is -1.45. The van der Waals surface area contributed by atoms with Gasteiger partial charge >= 0.3 is 12.1 Å². The summed E-state index contributed by atoms with van der Waals surface area (Å²) in [6.07, 6.45) is 0.819. The Balaban J connectivity index is 1.65. The van der Waals surface area contributed by atoms with Crippen LogP contribution in [-0.4, -0.2) is 67.3 Å². The Bertz CT molecular complexity index is 993. The number of hydrogen-bond donors (Lipinski definition) is 3. The fraction of sp³-hybridized carbons (Fsp3) is 0.444. The van der Waals surface area contributed by atoms with Gasteiger partial charge < -0.3 is 25.4 Å². The number of carboxylic acid groups (broad SMARTS) is 1. The molecule has 3 rings (SSSR count). The summed E-state index contributed by atoms with van der Waals surface area (Å²) in [5, 5.41) is 14.6. The van der Waals surface area contributed by atoms with Crippen molar-refractivity contribution in [2.45, 2.75) is 50.6 Å². The number of amides is 2. The quantitative estimate of drug-likeness (QED) is 0.428. The van der Waals surface area contributed by atoms with Crippen LogP contribution in [0.3, 0.4) is 0 Å². The van der Waals surface area contributed by atoms with E-state index in [1.54, 1.807) is 0 Å². The van der Waals surface area contributed by atoms with Gasteiger partial charge in [0.2, 0.25) is 5.91 Å². The van der Waals surface area contributed by atoms with E-state index in [1.807, 2.05) is 62.3 Å². The maximum absolute atomic E-state index is 13.0. The summed E-state index contributed by atoms with van der Waals surface area (Å²) in [5.41, 5.74) is 4.50. The van der Waals surface area contributed by atoms with Gasteiger partial charge in [0.1, 0.15) is 12.6 Å². The molecule has 8 heteroatoms. The molecule has 2 aromatic rings. The molecule has 8 nitrogen and oxygen atoms in total. The number of alkyl carbamates (subject to hydrolysis) is 1. The van der Waals surface area contributed by atoms with Crippen LogP contribution in [0.2, 0.25) is 0 Å². The first-order valence-corrected chi connectivity index (χ1v) is 12.1. The lowest BCUT2D eigenvalue weighted by molar-refractivity contribution is -0.137. The number of nitrogens with zero attached hydrogens (tertiary/aromatic N) is 1. The van der Waals surface area contributed by atoms with Gasteiger partial charge in [-0.15, -0.1) is 0 Å². The smallest absolute Gasteiger partial charge is 0.407 e. The van der Waals surface area contributed by atoms with Crippen molar-refractivity contribution in [3.63, 3.8) is 0 Å². The van der Waals surface area contributed by atoms with Crippen LogP contribution < -0.4 is 10.6 Å². The Morgan fingerprint density at radius 2 is 1.57 bits per heavy atom. The van der Waals surface area contributed by atoms with Crippen LogP contribution in [0.1, 0.15) is 49.7 Å². The second-order valence-electron chi connectivity index (χ2n) is 9.21. The summed E-state index contributed by atoms with van der Waals surface area (Å²) in [6.45, 7) is 2.65. The summed E-state index contributed by atoms with van der Waals surface area (Å²) >= 11 is 0. The van der Waals surface area contributed by atoms with Crippen molar-refractivity contribution in [3.8, 4) is 11.1 Å². The number of hydrogen-bond acceptors (Lipinski definition) is 5. The summed E-state index contributed by atoms with van der Waals surface area (Å²) in [6, 6.07) is 14.9. The zero-order valence-corrected chi connectivity index (χ0v) is 20.6. The predicted molar refractivity (Wildman–Crippen MR) is 134 cm³/mol. The minimum absolute atomic E-state index is 0.0771. The monoisotopic (exact) mass is 481 g/mol. The predicted octanol–water partition coefficient (Wildman–Crippen LogP) is 3.61. The van der Waals surface area contributed by atoms with Crippen LogP contribution in [0.5, 0.6) is 0 Å². The Morgan fingerprint density at radius 1 is 0.971 bits per heavy atom. The van der Waals surface area contributed by atoms with E-state index in [0.717, 1.165) is 28.7 Å². The van der Waals surface area contributed by atoms with Gasteiger partial charge in [-0.2, -0.15) is 0 Å². The lowest BCUT2D eigenvalue weighted by atomic mass is 9.98. The maximum atomic E-state index is 13.0. The highest BCUT2D eigenvalue weighted by Crippen LogP contribution is 2.44. The average Bonchev–Trinajstić information content (AvgIpc) is 3.13. The van der Waals surface area contributed by atoms with Crippen molar-refractivity contribution >= 4 is 18.0 Å². The third-order valence-corrected chi connectivity index (χ3v) is 6.22. The number of ether oxygens (including phenoxy) is 1. The first kappa shape index (κ1) is 26.2. The highest BCUT2D eigenvalue weighted by Gasteiger charge is 2.30. The van der Waals surface area contributed by atoms with Crippen LogP contribution in [0.15, 0.2) is 48.5 Å². The summed E-state index contributed by atoms with van der Waals surface area (Å²) in [4.78, 5) is 38.8. The summed E-state index contributed by atoms with van der Waals surface area (Å²) < 4.78 is 5.61. The number of carboxylic acids is 1. The van der Waals surface area contributed by atoms with Crippen molar-refractivity contribution in [3.05, 3.63) is 59.7 Å². The minimum atomic E-state index is -0.974. The van der Waals surface area contributed by atoms with Crippen LogP contribution in [0.4, 0.5) is 4.79 Å². The second kappa shape index (κ2) is 12.4. The number of carbonyl (C=O) groups excluding carboxylic acids is 2. The molecular weight excluding hydrogens is 446 g/mol. The lowest BCUT2D eigenvalue weighted by Crippen LogP contribution is -2.51. The number of rotatable bonds is 12. The zero-order valence-electron chi connectivity index (χ0n) is 20.6. The molecule has 3 N–H and O–H groups in total. The van der Waals surface area contributed by atoms with Gasteiger partial charge in [-0.05, 0) is 55.7 Å². The van der Waals surface area contributed by atoms with Gasteiger partial charge in [-0.3, -0.25) is 9.59 Å². The normalized spacial score (nSPS) is 14.1. The molecule has 2 atom stereocenters. The number of benzene rings is 2. The average molecular weight is 482 g/mol. The Morgan fingerprint density at radius 3 is 2.11 bits per heavy atom. The second-order valence-corrected chi connectivity index (χ2v) is 9.21. The number of fused-ring (bicyclic) bond motifs is 3. The molecule has 188 valence electrons. The molecule has 0 saturated carbocycles. The highest BCUT2D eigenvalue weighted by atomic mass is 16.5. The van der Waals surface area contributed by atoms with Crippen molar-refractivity contribution in [1.82, 2.24) is 15.5 Å². The first-order chi connectivity index (χ1) is 16.8. The van der Waals surface area contributed by atoms with Gasteiger partial charge in [-0.25, -0.2) is 4.79 Å². The molecule has 0 heterocycles. The molecule has 2 aromatic carbocycles. The van der Waals surface area contributed by atoms with Crippen molar-refractivity contribution < 1.29 is 24.2 Å². The maximum Gasteiger partial charge on any atom is 0.407 e. The van der Waals surface area contributed by atoms with E-state index in [9.17, 15) is 14.4 Å². The minimum Gasteiger partial charge on any atom is -0.481 e. The molecule has 0 aliphatic heterocycles. The molecule has 2 unspecified atom stereocenters. The molecular formula is C27H35N3O5. The van der Waals surface area contributed by atoms with E-state index in [2.05, 4.69) is 22.8 Å². The lowest BCUT2D eigenvalue weighted by Gasteiger charge is -2.24. The van der Waals surface area contributed by atoms with Gasteiger partial charge in [0.15, 0.2) is 0 Å². The molecule has 0 aromatic heterocycles. The molecule has 1 aliphatic carbocycles. The van der Waals surface area contributed by atoms with E-state index < -0.39 is 30.1 Å². The molecule has 0 bridgehead atoms. The number of carbonyl (C=O) groups is 3.